The molecule has 1 unspecified atom stereocenters. The van der Waals surface area contributed by atoms with E-state index in [1.54, 1.807) is 12.1 Å². The highest BCUT2D eigenvalue weighted by Gasteiger charge is 2.29. The average molecular weight is 530 g/mol. The number of piperidine rings is 1. The predicted octanol–water partition coefficient (Wildman–Crippen LogP) is 4.52. The second-order valence-corrected chi connectivity index (χ2v) is 9.33. The van der Waals surface area contributed by atoms with E-state index >= 15 is 0 Å². The molecule has 8 nitrogen and oxygen atoms in total. The van der Waals surface area contributed by atoms with Gasteiger partial charge in [0.2, 0.25) is 0 Å². The number of hydrogen-bond donors (Lipinski definition) is 3. The maximum Gasteiger partial charge on any atom is 0.404 e. The Balaban J connectivity index is 1.61. The number of amides is 2. The van der Waals surface area contributed by atoms with Crippen LogP contribution in [0.1, 0.15) is 34.8 Å². The molecule has 1 aliphatic rings. The third kappa shape index (κ3) is 6.60. The van der Waals surface area contributed by atoms with Crippen LogP contribution in [-0.2, 0) is 4.74 Å². The summed E-state index contributed by atoms with van der Waals surface area (Å²) in [4.78, 5) is 26.1. The third-order valence-electron chi connectivity index (χ3n) is 5.91. The summed E-state index contributed by atoms with van der Waals surface area (Å²) in [5, 5.41) is 4.28. The zero-order chi connectivity index (χ0) is 24.8. The van der Waals surface area contributed by atoms with Crippen LogP contribution < -0.4 is 21.5 Å². The van der Waals surface area contributed by atoms with Crippen LogP contribution in [0.25, 0.3) is 0 Å². The maximum atomic E-state index is 12.7. The molecule has 1 heterocycles. The summed E-state index contributed by atoms with van der Waals surface area (Å²) in [6.45, 7) is 2.03. The highest BCUT2D eigenvalue weighted by atomic mass is 35.5. The van der Waals surface area contributed by atoms with Crippen LogP contribution >= 0.6 is 34.8 Å². The van der Waals surface area contributed by atoms with E-state index in [4.69, 9.17) is 55.7 Å². The highest BCUT2D eigenvalue weighted by molar-refractivity contribution is 6.35. The van der Waals surface area contributed by atoms with Gasteiger partial charge in [-0.3, -0.25) is 9.69 Å². The summed E-state index contributed by atoms with van der Waals surface area (Å²) >= 11 is 18.5. The predicted molar refractivity (Wildman–Crippen MR) is 134 cm³/mol. The molecule has 0 aromatic heterocycles. The van der Waals surface area contributed by atoms with E-state index in [-0.39, 0.29) is 24.5 Å². The normalized spacial score (nSPS) is 15.5. The van der Waals surface area contributed by atoms with Gasteiger partial charge in [-0.15, -0.1) is 0 Å². The van der Waals surface area contributed by atoms with Crippen molar-refractivity contribution in [1.29, 1.82) is 0 Å². The van der Waals surface area contributed by atoms with Crippen molar-refractivity contribution in [2.24, 2.45) is 11.7 Å². The van der Waals surface area contributed by atoms with Crippen molar-refractivity contribution in [1.82, 2.24) is 10.2 Å². The van der Waals surface area contributed by atoms with E-state index in [1.165, 1.54) is 19.2 Å². The van der Waals surface area contributed by atoms with Crippen molar-refractivity contribution in [3.8, 4) is 5.75 Å². The Morgan fingerprint density at radius 2 is 1.85 bits per heavy atom. The molecular formula is C23H27Cl3N4O4. The molecule has 0 aliphatic carbocycles. The Morgan fingerprint density at radius 1 is 1.15 bits per heavy atom. The molecule has 0 bridgehead atoms. The molecule has 3 rings (SSSR count). The molecule has 0 saturated carbocycles. The summed E-state index contributed by atoms with van der Waals surface area (Å²) in [6, 6.07) is 8.03. The van der Waals surface area contributed by atoms with Gasteiger partial charge in [-0.2, -0.15) is 0 Å². The van der Waals surface area contributed by atoms with Crippen LogP contribution in [0.4, 0.5) is 10.5 Å². The number of rotatable bonds is 8. The number of nitrogen functional groups attached to an aromatic ring is 1. The fourth-order valence-electron chi connectivity index (χ4n) is 4.04. The number of anilines is 1. The van der Waals surface area contributed by atoms with E-state index < -0.39 is 6.09 Å². The van der Waals surface area contributed by atoms with Gasteiger partial charge in [-0.05, 0) is 55.6 Å². The lowest BCUT2D eigenvalue weighted by molar-refractivity contribution is 0.0700. The molecule has 5 N–H and O–H groups in total. The van der Waals surface area contributed by atoms with Crippen LogP contribution in [0.3, 0.4) is 0 Å². The molecular weight excluding hydrogens is 503 g/mol. The minimum absolute atomic E-state index is 0.0791. The van der Waals surface area contributed by atoms with E-state index in [2.05, 4.69) is 10.2 Å². The number of carbonyl (C=O) groups excluding carboxylic acids is 2. The molecule has 34 heavy (non-hydrogen) atoms. The van der Waals surface area contributed by atoms with Gasteiger partial charge in [0.15, 0.2) is 0 Å². The number of likely N-dealkylation sites (tertiary alicyclic amines) is 1. The molecule has 2 aromatic carbocycles. The highest BCUT2D eigenvalue weighted by Crippen LogP contribution is 2.33. The fraction of sp³-hybridized carbons (Fsp3) is 0.391. The molecule has 2 aromatic rings. The minimum atomic E-state index is -0.842. The SMILES string of the molecule is COc1cc(N)c(Cl)cc1C(=O)NCC1CCN(C(COC(N)=O)c2ccc(Cl)cc2Cl)CC1. The molecule has 1 fully saturated rings. The van der Waals surface area contributed by atoms with Crippen molar-refractivity contribution >= 4 is 52.5 Å². The van der Waals surface area contributed by atoms with Crippen molar-refractivity contribution < 1.29 is 19.1 Å². The van der Waals surface area contributed by atoms with Crippen molar-refractivity contribution in [3.63, 3.8) is 0 Å². The Morgan fingerprint density at radius 3 is 2.47 bits per heavy atom. The molecule has 1 saturated heterocycles. The van der Waals surface area contributed by atoms with E-state index in [0.29, 0.717) is 38.6 Å². The van der Waals surface area contributed by atoms with Crippen LogP contribution in [0.15, 0.2) is 30.3 Å². The monoisotopic (exact) mass is 528 g/mol. The van der Waals surface area contributed by atoms with Gasteiger partial charge in [-0.25, -0.2) is 4.79 Å². The van der Waals surface area contributed by atoms with E-state index in [1.807, 2.05) is 6.07 Å². The first kappa shape index (κ1) is 26.2. The molecule has 2 amide bonds. The zero-order valence-corrected chi connectivity index (χ0v) is 20.9. The number of halogens is 3. The summed E-state index contributed by atoms with van der Waals surface area (Å²) in [5.41, 5.74) is 12.5. The van der Waals surface area contributed by atoms with Gasteiger partial charge in [-0.1, -0.05) is 40.9 Å². The smallest absolute Gasteiger partial charge is 0.404 e. The van der Waals surface area contributed by atoms with Gasteiger partial charge in [0, 0.05) is 22.7 Å². The number of methoxy groups -OCH3 is 1. The molecule has 184 valence electrons. The second kappa shape index (κ2) is 11.8. The Bertz CT molecular complexity index is 1050. The first-order valence-corrected chi connectivity index (χ1v) is 11.9. The average Bonchev–Trinajstić information content (AvgIpc) is 2.80. The molecule has 1 aliphatic heterocycles. The Hall–Kier alpha value is -2.39. The number of carbonyl (C=O) groups is 2. The maximum absolute atomic E-state index is 12.7. The number of ether oxygens (including phenoxy) is 2. The van der Waals surface area contributed by atoms with Crippen LogP contribution in [-0.4, -0.2) is 50.3 Å². The van der Waals surface area contributed by atoms with Gasteiger partial charge >= 0.3 is 6.09 Å². The summed E-state index contributed by atoms with van der Waals surface area (Å²) < 4.78 is 10.4. The van der Waals surface area contributed by atoms with E-state index in [0.717, 1.165) is 31.5 Å². The number of benzene rings is 2. The van der Waals surface area contributed by atoms with Gasteiger partial charge in [0.05, 0.1) is 29.4 Å². The second-order valence-electron chi connectivity index (χ2n) is 8.08. The summed E-state index contributed by atoms with van der Waals surface area (Å²) in [5.74, 6) is 0.363. The fourth-order valence-corrected chi connectivity index (χ4v) is 4.74. The van der Waals surface area contributed by atoms with Crippen LogP contribution in [0, 0.1) is 5.92 Å². The zero-order valence-electron chi connectivity index (χ0n) is 18.7. The number of nitrogens with two attached hydrogens (primary N) is 2. The van der Waals surface area contributed by atoms with Gasteiger partial charge in [0.25, 0.3) is 5.91 Å². The summed E-state index contributed by atoms with van der Waals surface area (Å²) in [7, 11) is 1.47. The topological polar surface area (TPSA) is 120 Å². The van der Waals surface area contributed by atoms with Crippen molar-refractivity contribution in [2.45, 2.75) is 18.9 Å². The Labute approximate surface area is 213 Å². The van der Waals surface area contributed by atoms with Gasteiger partial charge in [0.1, 0.15) is 12.4 Å². The number of nitrogens with one attached hydrogen (secondary N) is 1. The minimum Gasteiger partial charge on any atom is -0.496 e. The Kier molecular flexibility index (Phi) is 9.13. The summed E-state index contributed by atoms with van der Waals surface area (Å²) in [6.07, 6.45) is 0.821. The van der Waals surface area contributed by atoms with Gasteiger partial charge < -0.3 is 26.3 Å². The van der Waals surface area contributed by atoms with Crippen molar-refractivity contribution in [3.05, 3.63) is 56.5 Å². The third-order valence-corrected chi connectivity index (χ3v) is 6.80. The quantitative estimate of drug-likeness (QED) is 0.433. The van der Waals surface area contributed by atoms with Crippen LogP contribution in [0.5, 0.6) is 5.75 Å². The molecule has 1 atom stereocenters. The first-order chi connectivity index (χ1) is 16.2. The molecule has 0 spiro atoms. The van der Waals surface area contributed by atoms with E-state index in [9.17, 15) is 9.59 Å². The largest absolute Gasteiger partial charge is 0.496 e. The lowest BCUT2D eigenvalue weighted by atomic mass is 9.94. The van der Waals surface area contributed by atoms with Crippen LogP contribution in [0.2, 0.25) is 15.1 Å². The molecule has 0 radical (unpaired) electrons. The lowest BCUT2D eigenvalue weighted by Crippen LogP contribution is -2.42. The van der Waals surface area contributed by atoms with Crippen molar-refractivity contribution in [2.75, 3.05) is 39.1 Å². The number of primary amides is 1. The first-order valence-electron chi connectivity index (χ1n) is 10.7. The standard InChI is InChI=1S/C23H27Cl3N4O4/c1-33-21-10-19(27)18(26)9-16(21)22(31)29-11-13-4-6-30(7-5-13)20(12-34-23(28)32)15-3-2-14(24)8-17(15)25/h2-3,8-10,13,20H,4-7,11-12,27H2,1H3,(H2,28,32)(H,29,31). The lowest BCUT2D eigenvalue weighted by Gasteiger charge is -2.37. The molecule has 11 heteroatoms. The number of hydrogen-bond acceptors (Lipinski definition) is 6. The number of nitrogens with zero attached hydrogens (tertiary/aromatic N) is 1.